The maximum Gasteiger partial charge on any atom is 0.326 e. The zero-order chi connectivity index (χ0) is 12.3. The summed E-state index contributed by atoms with van der Waals surface area (Å²) >= 11 is 0. The second-order valence-corrected chi connectivity index (χ2v) is 3.38. The van der Waals surface area contributed by atoms with E-state index in [2.05, 4.69) is 0 Å². The molecule has 0 heterocycles. The lowest BCUT2D eigenvalue weighted by Gasteiger charge is -2.20. The van der Waals surface area contributed by atoms with Crippen LogP contribution in [0, 0.1) is 0 Å². The Labute approximate surface area is 90.3 Å². The van der Waals surface area contributed by atoms with Crippen LogP contribution in [0.4, 0.5) is 8.78 Å². The molecule has 0 fully saturated rings. The molecule has 0 aliphatic heterocycles. The lowest BCUT2D eigenvalue weighted by atomic mass is 10.0. The van der Waals surface area contributed by atoms with Crippen molar-refractivity contribution in [2.75, 3.05) is 0 Å². The van der Waals surface area contributed by atoms with Gasteiger partial charge in [-0.2, -0.15) is 0 Å². The molecule has 4 nitrogen and oxygen atoms in total. The zero-order valence-corrected chi connectivity index (χ0v) is 8.23. The maximum absolute atomic E-state index is 13.3. The molecular weight excluding hydrogens is 220 g/mol. The summed E-state index contributed by atoms with van der Waals surface area (Å²) in [6.07, 6.45) is -0.910. The van der Waals surface area contributed by atoms with Crippen LogP contribution in [0.15, 0.2) is 24.3 Å². The van der Waals surface area contributed by atoms with Crippen LogP contribution in [-0.4, -0.2) is 28.1 Å². The number of alkyl halides is 2. The van der Waals surface area contributed by atoms with Crippen LogP contribution < -0.4 is 5.73 Å². The third kappa shape index (κ3) is 2.66. The lowest BCUT2D eigenvalue weighted by molar-refractivity contribution is -0.148. The minimum atomic E-state index is -3.61. The number of phenolic OH excluding ortho intramolecular Hbond substituents is 1. The van der Waals surface area contributed by atoms with Crippen molar-refractivity contribution in [3.8, 4) is 5.75 Å². The predicted octanol–water partition coefficient (Wildman–Crippen LogP) is 0.982. The van der Waals surface area contributed by atoms with Crippen LogP contribution >= 0.6 is 0 Å². The predicted molar refractivity (Wildman–Crippen MR) is 52.4 cm³/mol. The van der Waals surface area contributed by atoms with E-state index in [1.165, 1.54) is 24.3 Å². The summed E-state index contributed by atoms with van der Waals surface area (Å²) in [6.45, 7) is 0. The molecule has 1 aromatic carbocycles. The van der Waals surface area contributed by atoms with Crippen molar-refractivity contribution < 1.29 is 23.8 Å². The molecule has 0 aliphatic rings. The second kappa shape index (κ2) is 4.44. The molecule has 16 heavy (non-hydrogen) atoms. The molecular formula is C10H11F2NO3. The van der Waals surface area contributed by atoms with Crippen LogP contribution in [0.25, 0.3) is 0 Å². The summed E-state index contributed by atoms with van der Waals surface area (Å²) < 4.78 is 26.6. The number of halogens is 2. The summed E-state index contributed by atoms with van der Waals surface area (Å²) in [7, 11) is 0. The van der Waals surface area contributed by atoms with Crippen LogP contribution in [0.3, 0.4) is 0 Å². The first-order valence-corrected chi connectivity index (χ1v) is 4.47. The van der Waals surface area contributed by atoms with E-state index in [9.17, 15) is 18.7 Å². The first-order chi connectivity index (χ1) is 7.34. The molecule has 88 valence electrons. The van der Waals surface area contributed by atoms with Gasteiger partial charge in [0, 0.05) is 6.42 Å². The van der Waals surface area contributed by atoms with Crippen LogP contribution in [0.1, 0.15) is 5.56 Å². The molecule has 0 aliphatic carbocycles. The number of rotatable bonds is 4. The number of hydrogen-bond acceptors (Lipinski definition) is 3. The lowest BCUT2D eigenvalue weighted by Crippen LogP contribution is -2.48. The smallest absolute Gasteiger partial charge is 0.326 e. The Hall–Kier alpha value is -1.69. The highest BCUT2D eigenvalue weighted by Crippen LogP contribution is 2.27. The molecule has 1 atom stereocenters. The van der Waals surface area contributed by atoms with Gasteiger partial charge in [-0.15, -0.1) is 0 Å². The number of carboxylic acid groups (broad SMARTS) is 1. The third-order valence-corrected chi connectivity index (χ3v) is 2.14. The van der Waals surface area contributed by atoms with Gasteiger partial charge in [0.05, 0.1) is 0 Å². The molecule has 0 spiro atoms. The minimum absolute atomic E-state index is 0.0378. The van der Waals surface area contributed by atoms with Gasteiger partial charge in [0.25, 0.3) is 5.92 Å². The fraction of sp³-hybridized carbons (Fsp3) is 0.300. The fourth-order valence-electron chi connectivity index (χ4n) is 1.20. The van der Waals surface area contributed by atoms with Gasteiger partial charge in [-0.3, -0.25) is 4.79 Å². The number of carboxylic acids is 1. The average molecular weight is 231 g/mol. The highest BCUT2D eigenvalue weighted by atomic mass is 19.3. The largest absolute Gasteiger partial charge is 0.508 e. The van der Waals surface area contributed by atoms with E-state index in [4.69, 9.17) is 10.8 Å². The minimum Gasteiger partial charge on any atom is -0.508 e. The van der Waals surface area contributed by atoms with E-state index in [-0.39, 0.29) is 11.3 Å². The number of hydrogen-bond donors (Lipinski definition) is 3. The Kier molecular flexibility index (Phi) is 3.44. The molecule has 1 rings (SSSR count). The quantitative estimate of drug-likeness (QED) is 0.721. The molecule has 0 saturated carbocycles. The number of nitrogens with two attached hydrogens (primary N) is 1. The normalized spacial score (nSPS) is 13.4. The van der Waals surface area contributed by atoms with Crippen molar-refractivity contribution in [1.82, 2.24) is 0 Å². The molecule has 1 aromatic rings. The molecule has 4 N–H and O–H groups in total. The summed E-state index contributed by atoms with van der Waals surface area (Å²) in [5.41, 5.74) is 4.82. The van der Waals surface area contributed by atoms with Gasteiger partial charge in [0.1, 0.15) is 5.75 Å². The Morgan fingerprint density at radius 2 is 2.00 bits per heavy atom. The van der Waals surface area contributed by atoms with Crippen molar-refractivity contribution in [3.05, 3.63) is 29.8 Å². The van der Waals surface area contributed by atoms with Gasteiger partial charge < -0.3 is 15.9 Å². The standard InChI is InChI=1S/C10H11F2NO3/c11-10(12,8(13)9(15)16)5-6-3-1-2-4-7(6)14/h1-4,8,14H,5,13H2,(H,15,16). The number of aliphatic carboxylic acids is 1. The summed E-state index contributed by atoms with van der Waals surface area (Å²) in [5.74, 6) is -5.69. The van der Waals surface area contributed by atoms with Crippen molar-refractivity contribution in [1.29, 1.82) is 0 Å². The number of phenols is 1. The number of aromatic hydroxyl groups is 1. The van der Waals surface area contributed by atoms with E-state index >= 15 is 0 Å². The molecule has 0 saturated heterocycles. The topological polar surface area (TPSA) is 83.6 Å². The Morgan fingerprint density at radius 3 is 2.50 bits per heavy atom. The molecule has 1 unspecified atom stereocenters. The zero-order valence-electron chi connectivity index (χ0n) is 8.23. The van der Waals surface area contributed by atoms with Crippen molar-refractivity contribution in [3.63, 3.8) is 0 Å². The molecule has 6 heteroatoms. The van der Waals surface area contributed by atoms with E-state index < -0.39 is 24.4 Å². The number of para-hydroxylation sites is 1. The maximum atomic E-state index is 13.3. The van der Waals surface area contributed by atoms with Crippen LogP contribution in [-0.2, 0) is 11.2 Å². The van der Waals surface area contributed by atoms with Gasteiger partial charge in [0.2, 0.25) is 0 Å². The van der Waals surface area contributed by atoms with Gasteiger partial charge in [0.15, 0.2) is 6.04 Å². The Bertz CT molecular complexity index is 395. The highest BCUT2D eigenvalue weighted by Gasteiger charge is 2.42. The van der Waals surface area contributed by atoms with Gasteiger partial charge in [-0.1, -0.05) is 18.2 Å². The third-order valence-electron chi connectivity index (χ3n) is 2.14. The monoisotopic (exact) mass is 231 g/mol. The van der Waals surface area contributed by atoms with Gasteiger partial charge in [-0.25, -0.2) is 8.78 Å². The number of carbonyl (C=O) groups is 1. The van der Waals surface area contributed by atoms with Gasteiger partial charge >= 0.3 is 5.97 Å². The van der Waals surface area contributed by atoms with Crippen molar-refractivity contribution in [2.45, 2.75) is 18.4 Å². The highest BCUT2D eigenvalue weighted by molar-refractivity contribution is 5.74. The van der Waals surface area contributed by atoms with E-state index in [1.54, 1.807) is 0 Å². The van der Waals surface area contributed by atoms with Gasteiger partial charge in [-0.05, 0) is 11.6 Å². The molecule has 0 amide bonds. The first kappa shape index (κ1) is 12.4. The van der Waals surface area contributed by atoms with Crippen molar-refractivity contribution in [2.24, 2.45) is 5.73 Å². The number of benzene rings is 1. The van der Waals surface area contributed by atoms with E-state index in [0.717, 1.165) is 0 Å². The van der Waals surface area contributed by atoms with Crippen molar-refractivity contribution >= 4 is 5.97 Å². The second-order valence-electron chi connectivity index (χ2n) is 3.38. The first-order valence-electron chi connectivity index (χ1n) is 4.47. The molecule has 0 aromatic heterocycles. The average Bonchev–Trinajstić information content (AvgIpc) is 2.20. The van der Waals surface area contributed by atoms with E-state index in [0.29, 0.717) is 0 Å². The summed E-state index contributed by atoms with van der Waals surface area (Å²) in [4.78, 5) is 10.4. The SMILES string of the molecule is NC(C(=O)O)C(F)(F)Cc1ccccc1O. The fourth-order valence-corrected chi connectivity index (χ4v) is 1.20. The van der Waals surface area contributed by atoms with E-state index in [1.807, 2.05) is 0 Å². The summed E-state index contributed by atoms with van der Waals surface area (Å²) in [6, 6.07) is 3.20. The molecule has 0 radical (unpaired) electrons. The van der Waals surface area contributed by atoms with Crippen LogP contribution in [0.5, 0.6) is 5.75 Å². The summed E-state index contributed by atoms with van der Waals surface area (Å²) in [5, 5.41) is 17.7. The molecule has 0 bridgehead atoms. The Morgan fingerprint density at radius 1 is 1.44 bits per heavy atom. The van der Waals surface area contributed by atoms with Crippen LogP contribution in [0.2, 0.25) is 0 Å². The Balaban J connectivity index is 2.88.